The van der Waals surface area contributed by atoms with Crippen LogP contribution in [0.4, 0.5) is 10.1 Å². The summed E-state index contributed by atoms with van der Waals surface area (Å²) in [5.74, 6) is -0.808. The van der Waals surface area contributed by atoms with Crippen LogP contribution in [0.2, 0.25) is 0 Å². The largest absolute Gasteiger partial charge is 0.487 e. The molecule has 3 aliphatic rings. The minimum Gasteiger partial charge on any atom is -0.487 e. The Morgan fingerprint density at radius 1 is 1.43 bits per heavy atom. The lowest BCUT2D eigenvalue weighted by molar-refractivity contribution is 0.0694. The smallest absolute Gasteiger partial charge is 0.341 e. The summed E-state index contributed by atoms with van der Waals surface area (Å²) in [5.41, 5.74) is 5.88. The molecule has 2 aromatic rings. The maximum Gasteiger partial charge on any atom is 0.341 e. The predicted molar refractivity (Wildman–Crippen MR) is 102 cm³/mol. The van der Waals surface area contributed by atoms with Gasteiger partial charge in [0, 0.05) is 24.8 Å². The van der Waals surface area contributed by atoms with Crippen molar-refractivity contribution in [1.29, 1.82) is 0 Å². The van der Waals surface area contributed by atoms with Crippen molar-refractivity contribution in [2.75, 3.05) is 24.6 Å². The van der Waals surface area contributed by atoms with Gasteiger partial charge >= 0.3 is 5.97 Å². The first-order valence-corrected chi connectivity index (χ1v) is 9.52. The molecule has 0 bridgehead atoms. The van der Waals surface area contributed by atoms with Crippen LogP contribution in [-0.2, 0) is 0 Å². The van der Waals surface area contributed by atoms with Gasteiger partial charge in [-0.2, -0.15) is 0 Å². The number of pyridine rings is 1. The van der Waals surface area contributed by atoms with Crippen molar-refractivity contribution >= 4 is 22.6 Å². The third kappa shape index (κ3) is 2.12. The molecule has 0 spiro atoms. The average molecular weight is 387 g/mol. The van der Waals surface area contributed by atoms with E-state index in [-0.39, 0.29) is 29.1 Å². The summed E-state index contributed by atoms with van der Waals surface area (Å²) < 4.78 is 22.8. The number of nitrogens with two attached hydrogens (primary N) is 1. The number of hydrogen-bond acceptors (Lipinski definition) is 5. The standard InChI is InChI=1S/C20H22FN3O4/c1-9-4-20(22)8-23(6-13(9)20)16-14(21)3-11-15-18(16)28-7-10(2)24(15)5-12(17(11)25)19(26)27/h3,5,9-10,13H,4,6-8,22H2,1-2H3,(H,26,27)/t9-,10?,13-,20+/m0/s1. The van der Waals surface area contributed by atoms with Gasteiger partial charge in [0.15, 0.2) is 11.6 Å². The summed E-state index contributed by atoms with van der Waals surface area (Å²) in [6.07, 6.45) is 2.24. The number of aromatic carboxylic acids is 1. The molecule has 0 amide bonds. The lowest BCUT2D eigenvalue weighted by atomic mass is 9.62. The number of fused-ring (bicyclic) bond motifs is 1. The van der Waals surface area contributed by atoms with Gasteiger partial charge < -0.3 is 25.0 Å². The van der Waals surface area contributed by atoms with Crippen LogP contribution in [0.1, 0.15) is 36.7 Å². The van der Waals surface area contributed by atoms with Crippen molar-refractivity contribution < 1.29 is 19.0 Å². The minimum absolute atomic E-state index is 0.0284. The molecular formula is C20H22FN3O4. The zero-order valence-electron chi connectivity index (χ0n) is 15.7. The molecule has 5 rings (SSSR count). The van der Waals surface area contributed by atoms with Gasteiger partial charge in [-0.15, -0.1) is 0 Å². The number of hydrogen-bond donors (Lipinski definition) is 2. The van der Waals surface area contributed by atoms with E-state index in [2.05, 4.69) is 6.92 Å². The zero-order chi connectivity index (χ0) is 20.0. The summed E-state index contributed by atoms with van der Waals surface area (Å²) in [5, 5.41) is 9.40. The second-order valence-electron chi connectivity index (χ2n) is 8.58. The van der Waals surface area contributed by atoms with Crippen LogP contribution in [0.25, 0.3) is 10.9 Å². The highest BCUT2D eigenvalue weighted by Crippen LogP contribution is 2.51. The summed E-state index contributed by atoms with van der Waals surface area (Å²) in [6.45, 7) is 5.47. The van der Waals surface area contributed by atoms with Crippen LogP contribution in [0, 0.1) is 17.7 Å². The SMILES string of the molecule is CC1COc2c(N3C[C@H]4[C@@H](C)C[C@@]4(N)C3)c(F)cc3c(=O)c(C(=O)O)cn1c23. The lowest BCUT2D eigenvalue weighted by Crippen LogP contribution is -2.59. The average Bonchev–Trinajstić information content (AvgIpc) is 2.89. The van der Waals surface area contributed by atoms with Gasteiger partial charge in [0.05, 0.1) is 16.9 Å². The molecule has 7 nitrogen and oxygen atoms in total. The van der Waals surface area contributed by atoms with Crippen LogP contribution < -0.4 is 20.8 Å². The lowest BCUT2D eigenvalue weighted by Gasteiger charge is -2.46. The highest BCUT2D eigenvalue weighted by Gasteiger charge is 2.55. The molecule has 4 atom stereocenters. The Balaban J connectivity index is 1.75. The van der Waals surface area contributed by atoms with E-state index in [0.717, 1.165) is 12.5 Å². The molecule has 1 unspecified atom stereocenters. The number of anilines is 1. The van der Waals surface area contributed by atoms with Gasteiger partial charge in [-0.1, -0.05) is 6.92 Å². The van der Waals surface area contributed by atoms with Gasteiger partial charge in [-0.05, 0) is 31.2 Å². The summed E-state index contributed by atoms with van der Waals surface area (Å²) in [7, 11) is 0. The van der Waals surface area contributed by atoms with Crippen LogP contribution in [0.3, 0.4) is 0 Å². The van der Waals surface area contributed by atoms with Crippen molar-refractivity contribution in [3.05, 3.63) is 33.9 Å². The predicted octanol–water partition coefficient (Wildman–Crippen LogP) is 1.97. The molecule has 28 heavy (non-hydrogen) atoms. The molecule has 1 aromatic carbocycles. The number of aromatic nitrogens is 1. The molecule has 1 saturated carbocycles. The maximum absolute atomic E-state index is 15.2. The molecule has 3 N–H and O–H groups in total. The Kier molecular flexibility index (Phi) is 3.42. The molecule has 8 heteroatoms. The van der Waals surface area contributed by atoms with Gasteiger partial charge in [0.25, 0.3) is 0 Å². The fraction of sp³-hybridized carbons (Fsp3) is 0.500. The number of carboxylic acid groups (broad SMARTS) is 1. The molecule has 1 aliphatic carbocycles. The van der Waals surface area contributed by atoms with Crippen LogP contribution >= 0.6 is 0 Å². The van der Waals surface area contributed by atoms with E-state index < -0.39 is 17.2 Å². The maximum atomic E-state index is 15.2. The monoisotopic (exact) mass is 387 g/mol. The van der Waals surface area contributed by atoms with E-state index in [0.29, 0.717) is 41.9 Å². The van der Waals surface area contributed by atoms with E-state index >= 15 is 4.39 Å². The van der Waals surface area contributed by atoms with Crippen molar-refractivity contribution in [2.24, 2.45) is 17.6 Å². The molecule has 148 valence electrons. The van der Waals surface area contributed by atoms with Gasteiger partial charge in [0.2, 0.25) is 5.43 Å². The number of ether oxygens (including phenoxy) is 1. The Bertz CT molecular complexity index is 1100. The van der Waals surface area contributed by atoms with Gasteiger partial charge in [0.1, 0.15) is 17.9 Å². The Morgan fingerprint density at radius 2 is 2.18 bits per heavy atom. The highest BCUT2D eigenvalue weighted by molar-refractivity contribution is 5.97. The first-order valence-electron chi connectivity index (χ1n) is 9.52. The van der Waals surface area contributed by atoms with Crippen LogP contribution in [0.15, 0.2) is 17.1 Å². The molecule has 3 heterocycles. The number of carboxylic acids is 1. The third-order valence-corrected chi connectivity index (χ3v) is 6.72. The van der Waals surface area contributed by atoms with E-state index in [1.807, 2.05) is 11.8 Å². The van der Waals surface area contributed by atoms with Gasteiger partial charge in [-0.3, -0.25) is 4.79 Å². The fourth-order valence-electron chi connectivity index (χ4n) is 5.33. The Hall–Kier alpha value is -2.61. The first kappa shape index (κ1) is 17.5. The molecule has 0 radical (unpaired) electrons. The van der Waals surface area contributed by atoms with Crippen molar-refractivity contribution in [2.45, 2.75) is 31.8 Å². The number of rotatable bonds is 2. The summed E-state index contributed by atoms with van der Waals surface area (Å²) in [6, 6.07) is 0.968. The van der Waals surface area contributed by atoms with Crippen molar-refractivity contribution in [1.82, 2.24) is 4.57 Å². The molecular weight excluding hydrogens is 365 g/mol. The topological polar surface area (TPSA) is 97.8 Å². The second-order valence-corrected chi connectivity index (χ2v) is 8.58. The molecule has 1 saturated heterocycles. The molecule has 2 fully saturated rings. The van der Waals surface area contributed by atoms with Crippen molar-refractivity contribution in [3.63, 3.8) is 0 Å². The fourth-order valence-corrected chi connectivity index (χ4v) is 5.33. The number of carbonyl (C=O) groups is 1. The van der Waals surface area contributed by atoms with E-state index in [1.165, 1.54) is 6.20 Å². The highest BCUT2D eigenvalue weighted by atomic mass is 19.1. The van der Waals surface area contributed by atoms with Gasteiger partial charge in [-0.25, -0.2) is 9.18 Å². The molecule has 1 aromatic heterocycles. The first-order chi connectivity index (χ1) is 13.2. The zero-order valence-corrected chi connectivity index (χ0v) is 15.7. The van der Waals surface area contributed by atoms with Crippen LogP contribution in [0.5, 0.6) is 5.75 Å². The summed E-state index contributed by atoms with van der Waals surface area (Å²) in [4.78, 5) is 26.1. The van der Waals surface area contributed by atoms with E-state index in [1.54, 1.807) is 4.57 Å². The third-order valence-electron chi connectivity index (χ3n) is 6.72. The molecule has 2 aliphatic heterocycles. The van der Waals surface area contributed by atoms with Crippen molar-refractivity contribution in [3.8, 4) is 5.75 Å². The number of benzene rings is 1. The minimum atomic E-state index is -1.32. The quantitative estimate of drug-likeness (QED) is 0.818. The summed E-state index contributed by atoms with van der Waals surface area (Å²) >= 11 is 0. The van der Waals surface area contributed by atoms with E-state index in [4.69, 9.17) is 10.5 Å². The normalized spacial score (nSPS) is 30.7. The van der Waals surface area contributed by atoms with E-state index in [9.17, 15) is 14.7 Å². The second kappa shape index (κ2) is 5.47. The van der Waals surface area contributed by atoms with Crippen LogP contribution in [-0.4, -0.2) is 40.9 Å². The Labute approximate surface area is 160 Å². The Morgan fingerprint density at radius 3 is 2.82 bits per heavy atom. The number of nitrogens with zero attached hydrogens (tertiary/aromatic N) is 2. The number of halogens is 1.